The summed E-state index contributed by atoms with van der Waals surface area (Å²) in [4.78, 5) is 3.76. The van der Waals surface area contributed by atoms with E-state index in [1.807, 2.05) is 0 Å². The van der Waals surface area contributed by atoms with Crippen molar-refractivity contribution in [1.29, 1.82) is 0 Å². The van der Waals surface area contributed by atoms with Crippen molar-refractivity contribution in [3.05, 3.63) is 46.3 Å². The van der Waals surface area contributed by atoms with Crippen LogP contribution in [-0.2, 0) is 0 Å². The first-order valence-electron chi connectivity index (χ1n) is 4.77. The summed E-state index contributed by atoms with van der Waals surface area (Å²) < 4.78 is 18.8. The van der Waals surface area contributed by atoms with E-state index in [1.165, 1.54) is 19.4 Å². The SMILES string of the molecule is COc1nccc(-c2ccc(Cl)cc2Cl)c1F. The van der Waals surface area contributed by atoms with Crippen LogP contribution in [0.25, 0.3) is 11.1 Å². The molecular formula is C12H8Cl2FNO. The summed E-state index contributed by atoms with van der Waals surface area (Å²) >= 11 is 11.8. The molecule has 88 valence electrons. The van der Waals surface area contributed by atoms with Crippen LogP contribution < -0.4 is 4.74 Å². The highest BCUT2D eigenvalue weighted by molar-refractivity contribution is 6.36. The number of hydrogen-bond donors (Lipinski definition) is 0. The lowest BCUT2D eigenvalue weighted by atomic mass is 10.1. The lowest BCUT2D eigenvalue weighted by molar-refractivity contribution is 0.370. The van der Waals surface area contributed by atoms with Crippen LogP contribution in [0.1, 0.15) is 0 Å². The Bertz CT molecular complexity index is 560. The molecule has 0 aliphatic rings. The van der Waals surface area contributed by atoms with Gasteiger partial charge in [-0.15, -0.1) is 0 Å². The van der Waals surface area contributed by atoms with Crippen molar-refractivity contribution in [2.75, 3.05) is 7.11 Å². The van der Waals surface area contributed by atoms with Gasteiger partial charge >= 0.3 is 0 Å². The second-order valence-electron chi connectivity index (χ2n) is 3.31. The zero-order valence-electron chi connectivity index (χ0n) is 8.88. The minimum atomic E-state index is -0.542. The summed E-state index contributed by atoms with van der Waals surface area (Å²) in [5, 5.41) is 0.879. The molecule has 0 spiro atoms. The van der Waals surface area contributed by atoms with Crippen molar-refractivity contribution in [3.63, 3.8) is 0 Å². The van der Waals surface area contributed by atoms with Crippen LogP contribution in [0.5, 0.6) is 5.88 Å². The first-order valence-corrected chi connectivity index (χ1v) is 5.53. The van der Waals surface area contributed by atoms with E-state index in [9.17, 15) is 4.39 Å². The van der Waals surface area contributed by atoms with Crippen molar-refractivity contribution < 1.29 is 9.13 Å². The molecule has 0 radical (unpaired) electrons. The van der Waals surface area contributed by atoms with Gasteiger partial charge in [-0.3, -0.25) is 0 Å². The molecule has 0 saturated heterocycles. The molecule has 5 heteroatoms. The number of methoxy groups -OCH3 is 1. The lowest BCUT2D eigenvalue weighted by Crippen LogP contribution is -1.94. The average Bonchev–Trinajstić information content (AvgIpc) is 2.30. The molecule has 0 saturated carbocycles. The van der Waals surface area contributed by atoms with Crippen molar-refractivity contribution in [3.8, 4) is 17.0 Å². The van der Waals surface area contributed by atoms with Gasteiger partial charge in [-0.1, -0.05) is 29.3 Å². The molecule has 2 nitrogen and oxygen atoms in total. The summed E-state index contributed by atoms with van der Waals surface area (Å²) in [6.45, 7) is 0. The first kappa shape index (κ1) is 12.1. The number of pyridine rings is 1. The summed E-state index contributed by atoms with van der Waals surface area (Å²) in [5.74, 6) is -0.604. The number of halogens is 3. The Morgan fingerprint density at radius 1 is 1.18 bits per heavy atom. The molecule has 2 aromatic rings. The number of rotatable bonds is 2. The average molecular weight is 272 g/mol. The zero-order valence-corrected chi connectivity index (χ0v) is 10.4. The highest BCUT2D eigenvalue weighted by Crippen LogP contribution is 2.33. The molecule has 17 heavy (non-hydrogen) atoms. The van der Waals surface area contributed by atoms with E-state index in [4.69, 9.17) is 27.9 Å². The van der Waals surface area contributed by atoms with Gasteiger partial charge in [0.15, 0.2) is 5.82 Å². The van der Waals surface area contributed by atoms with Gasteiger partial charge in [0.1, 0.15) is 0 Å². The van der Waals surface area contributed by atoms with Gasteiger partial charge in [-0.25, -0.2) is 9.37 Å². The van der Waals surface area contributed by atoms with Crippen LogP contribution in [0.4, 0.5) is 4.39 Å². The van der Waals surface area contributed by atoms with Gasteiger partial charge in [-0.05, 0) is 18.2 Å². The Morgan fingerprint density at radius 2 is 1.94 bits per heavy atom. The molecule has 0 N–H and O–H groups in total. The van der Waals surface area contributed by atoms with E-state index in [-0.39, 0.29) is 5.88 Å². The van der Waals surface area contributed by atoms with Crippen LogP contribution in [0.3, 0.4) is 0 Å². The smallest absolute Gasteiger partial charge is 0.250 e. The Balaban J connectivity index is 2.60. The number of hydrogen-bond acceptors (Lipinski definition) is 2. The first-order chi connectivity index (χ1) is 8.13. The highest BCUT2D eigenvalue weighted by atomic mass is 35.5. The minimum Gasteiger partial charge on any atom is -0.479 e. The summed E-state index contributed by atoms with van der Waals surface area (Å²) in [7, 11) is 1.36. The molecule has 0 bridgehead atoms. The maximum absolute atomic E-state index is 14.0. The van der Waals surface area contributed by atoms with Gasteiger partial charge in [0.2, 0.25) is 0 Å². The summed E-state index contributed by atoms with van der Waals surface area (Å²) in [5.41, 5.74) is 0.882. The Labute approximate surface area is 108 Å². The van der Waals surface area contributed by atoms with E-state index in [1.54, 1.807) is 18.2 Å². The molecule has 1 aromatic carbocycles. The van der Waals surface area contributed by atoms with Gasteiger partial charge in [-0.2, -0.15) is 0 Å². The predicted molar refractivity (Wildman–Crippen MR) is 66.2 cm³/mol. The van der Waals surface area contributed by atoms with Crippen molar-refractivity contribution in [1.82, 2.24) is 4.98 Å². The molecule has 0 aliphatic carbocycles. The number of benzene rings is 1. The number of ether oxygens (including phenoxy) is 1. The molecule has 0 unspecified atom stereocenters. The second-order valence-corrected chi connectivity index (χ2v) is 4.15. The Hall–Kier alpha value is -1.32. The second kappa shape index (κ2) is 4.90. The third-order valence-corrected chi connectivity index (χ3v) is 2.82. The third kappa shape index (κ3) is 2.35. The van der Waals surface area contributed by atoms with Crippen molar-refractivity contribution in [2.45, 2.75) is 0 Å². The highest BCUT2D eigenvalue weighted by Gasteiger charge is 2.14. The van der Waals surface area contributed by atoms with Crippen LogP contribution in [0, 0.1) is 5.82 Å². The largest absolute Gasteiger partial charge is 0.479 e. The molecule has 1 heterocycles. The molecule has 0 fully saturated rings. The van der Waals surface area contributed by atoms with E-state index in [2.05, 4.69) is 4.98 Å². The lowest BCUT2D eigenvalue weighted by Gasteiger charge is -2.08. The predicted octanol–water partition coefficient (Wildman–Crippen LogP) is 4.20. The fraction of sp³-hybridized carbons (Fsp3) is 0.0833. The van der Waals surface area contributed by atoms with Crippen molar-refractivity contribution >= 4 is 23.2 Å². The van der Waals surface area contributed by atoms with Crippen LogP contribution in [-0.4, -0.2) is 12.1 Å². The molecule has 1 aromatic heterocycles. The maximum Gasteiger partial charge on any atom is 0.250 e. The quantitative estimate of drug-likeness (QED) is 0.817. The van der Waals surface area contributed by atoms with Crippen molar-refractivity contribution in [2.24, 2.45) is 0 Å². The van der Waals surface area contributed by atoms with E-state index in [0.717, 1.165) is 0 Å². The van der Waals surface area contributed by atoms with Gasteiger partial charge in [0.05, 0.1) is 7.11 Å². The molecular weight excluding hydrogens is 264 g/mol. The van der Waals surface area contributed by atoms with Crippen LogP contribution in [0.15, 0.2) is 30.5 Å². The molecule has 0 amide bonds. The Kier molecular flexibility index (Phi) is 3.50. The zero-order chi connectivity index (χ0) is 12.4. The van der Waals surface area contributed by atoms with E-state index in [0.29, 0.717) is 21.2 Å². The Morgan fingerprint density at radius 3 is 2.59 bits per heavy atom. The van der Waals surface area contributed by atoms with Gasteiger partial charge < -0.3 is 4.74 Å². The van der Waals surface area contributed by atoms with E-state index < -0.39 is 5.82 Å². The van der Waals surface area contributed by atoms with Gasteiger partial charge in [0, 0.05) is 27.4 Å². The maximum atomic E-state index is 14.0. The fourth-order valence-electron chi connectivity index (χ4n) is 1.48. The molecule has 2 rings (SSSR count). The van der Waals surface area contributed by atoms with Gasteiger partial charge in [0.25, 0.3) is 5.88 Å². The number of aromatic nitrogens is 1. The minimum absolute atomic E-state index is 0.0616. The van der Waals surface area contributed by atoms with Crippen LogP contribution in [0.2, 0.25) is 10.0 Å². The standard InChI is InChI=1S/C12H8Cl2FNO/c1-17-12-11(15)9(4-5-16-12)8-3-2-7(13)6-10(8)14/h2-6H,1H3. The van der Waals surface area contributed by atoms with Crippen LogP contribution >= 0.6 is 23.2 Å². The third-order valence-electron chi connectivity index (χ3n) is 2.27. The fourth-order valence-corrected chi connectivity index (χ4v) is 1.99. The topological polar surface area (TPSA) is 22.1 Å². The number of nitrogens with zero attached hydrogens (tertiary/aromatic N) is 1. The normalized spacial score (nSPS) is 10.4. The summed E-state index contributed by atoms with van der Waals surface area (Å²) in [6, 6.07) is 6.40. The monoisotopic (exact) mass is 271 g/mol. The molecule has 0 aliphatic heterocycles. The molecule has 0 atom stereocenters. The summed E-state index contributed by atoms with van der Waals surface area (Å²) in [6.07, 6.45) is 1.46. The van der Waals surface area contributed by atoms with E-state index >= 15 is 0 Å².